The lowest BCUT2D eigenvalue weighted by Gasteiger charge is -2.30. The molecule has 0 aromatic carbocycles. The van der Waals surface area contributed by atoms with Crippen LogP contribution in [0, 0.1) is 17.7 Å². The van der Waals surface area contributed by atoms with Crippen LogP contribution in [-0.2, 0) is 4.74 Å². The maximum Gasteiger partial charge on any atom is 0.236 e. The Labute approximate surface area is 182 Å². The van der Waals surface area contributed by atoms with Crippen LogP contribution in [-0.4, -0.2) is 48.9 Å². The van der Waals surface area contributed by atoms with Gasteiger partial charge in [0, 0.05) is 49.6 Å². The Kier molecular flexibility index (Phi) is 7.29. The van der Waals surface area contributed by atoms with E-state index in [-0.39, 0.29) is 0 Å². The average Bonchev–Trinajstić information content (AvgIpc) is 3.61. The van der Waals surface area contributed by atoms with Crippen molar-refractivity contribution in [3.8, 4) is 11.1 Å². The van der Waals surface area contributed by atoms with E-state index in [1.54, 1.807) is 19.2 Å². The van der Waals surface area contributed by atoms with E-state index in [1.807, 2.05) is 0 Å². The summed E-state index contributed by atoms with van der Waals surface area (Å²) in [5, 5.41) is 10.1. The van der Waals surface area contributed by atoms with Crippen molar-refractivity contribution < 1.29 is 13.5 Å². The zero-order chi connectivity index (χ0) is 21.6. The standard InChI is InChI=1S/C23H31F2N5O/c1-31-9-8-26-17-4-6-18(7-5-17)30-22-11-19(20(24)14-28-22)16-10-21(23(25)29-13-16)27-12-15-2-3-15/h10-11,13-15,17-18,26-27H,2-9,12H2,1H3,(H,28,30). The quantitative estimate of drug-likeness (QED) is 0.387. The van der Waals surface area contributed by atoms with E-state index in [0.29, 0.717) is 40.6 Å². The molecule has 2 saturated carbocycles. The van der Waals surface area contributed by atoms with E-state index in [2.05, 4.69) is 25.9 Å². The Balaban J connectivity index is 1.39. The predicted molar refractivity (Wildman–Crippen MR) is 118 cm³/mol. The SMILES string of the molecule is COCCNC1CCC(Nc2cc(-c3cnc(F)c(NCC4CC4)c3)c(F)cn2)CC1. The number of hydrogen-bond acceptors (Lipinski definition) is 6. The van der Waals surface area contributed by atoms with Crippen LogP contribution in [0.15, 0.2) is 24.5 Å². The number of anilines is 2. The van der Waals surface area contributed by atoms with Crippen molar-refractivity contribution in [1.82, 2.24) is 15.3 Å². The molecule has 2 aromatic rings. The average molecular weight is 432 g/mol. The minimum Gasteiger partial charge on any atom is -0.383 e. The Morgan fingerprint density at radius 3 is 2.52 bits per heavy atom. The third-order valence-corrected chi connectivity index (χ3v) is 6.10. The van der Waals surface area contributed by atoms with Gasteiger partial charge in [-0.3, -0.25) is 0 Å². The largest absolute Gasteiger partial charge is 0.383 e. The lowest BCUT2D eigenvalue weighted by atomic mass is 9.91. The van der Waals surface area contributed by atoms with Gasteiger partial charge in [0.1, 0.15) is 11.6 Å². The summed E-state index contributed by atoms with van der Waals surface area (Å²) in [6, 6.07) is 4.13. The van der Waals surface area contributed by atoms with Crippen LogP contribution in [0.1, 0.15) is 38.5 Å². The van der Waals surface area contributed by atoms with Crippen molar-refractivity contribution in [1.29, 1.82) is 0 Å². The molecule has 3 N–H and O–H groups in total. The number of rotatable bonds is 10. The van der Waals surface area contributed by atoms with E-state index >= 15 is 0 Å². The van der Waals surface area contributed by atoms with Crippen molar-refractivity contribution >= 4 is 11.5 Å². The van der Waals surface area contributed by atoms with Crippen molar-refractivity contribution in [3.05, 3.63) is 36.3 Å². The van der Waals surface area contributed by atoms with Gasteiger partial charge >= 0.3 is 0 Å². The highest BCUT2D eigenvalue weighted by Gasteiger charge is 2.23. The second-order valence-corrected chi connectivity index (χ2v) is 8.58. The van der Waals surface area contributed by atoms with Crippen LogP contribution in [0.5, 0.6) is 0 Å². The number of ether oxygens (including phenoxy) is 1. The van der Waals surface area contributed by atoms with Crippen molar-refractivity contribution in [2.45, 2.75) is 50.6 Å². The minimum absolute atomic E-state index is 0.299. The fraction of sp³-hybridized carbons (Fsp3) is 0.565. The molecule has 0 unspecified atom stereocenters. The summed E-state index contributed by atoms with van der Waals surface area (Å²) in [6.07, 6.45) is 9.12. The monoisotopic (exact) mass is 431 g/mol. The second-order valence-electron chi connectivity index (χ2n) is 8.58. The molecule has 0 spiro atoms. The first-order valence-corrected chi connectivity index (χ1v) is 11.2. The maximum absolute atomic E-state index is 14.5. The van der Waals surface area contributed by atoms with Crippen molar-refractivity contribution in [3.63, 3.8) is 0 Å². The van der Waals surface area contributed by atoms with E-state index < -0.39 is 11.8 Å². The number of hydrogen-bond donors (Lipinski definition) is 3. The molecule has 8 heteroatoms. The smallest absolute Gasteiger partial charge is 0.236 e. The zero-order valence-electron chi connectivity index (χ0n) is 18.0. The van der Waals surface area contributed by atoms with Crippen LogP contribution in [0.25, 0.3) is 11.1 Å². The van der Waals surface area contributed by atoms with Crippen molar-refractivity contribution in [2.75, 3.05) is 37.4 Å². The van der Waals surface area contributed by atoms with Crippen LogP contribution in [0.3, 0.4) is 0 Å². The van der Waals surface area contributed by atoms with Gasteiger partial charge in [0.05, 0.1) is 18.5 Å². The van der Waals surface area contributed by atoms with Gasteiger partial charge in [-0.05, 0) is 56.6 Å². The number of nitrogens with one attached hydrogen (secondary N) is 3. The van der Waals surface area contributed by atoms with Gasteiger partial charge in [-0.1, -0.05) is 0 Å². The molecule has 6 nitrogen and oxygen atoms in total. The summed E-state index contributed by atoms with van der Waals surface area (Å²) < 4.78 is 33.7. The number of pyridine rings is 2. The molecule has 0 bridgehead atoms. The molecular weight excluding hydrogens is 400 g/mol. The van der Waals surface area contributed by atoms with Gasteiger partial charge in [0.25, 0.3) is 0 Å². The fourth-order valence-electron chi connectivity index (χ4n) is 4.05. The Morgan fingerprint density at radius 2 is 1.77 bits per heavy atom. The number of halogens is 2. The van der Waals surface area contributed by atoms with E-state index in [0.717, 1.165) is 45.4 Å². The Morgan fingerprint density at radius 1 is 1.00 bits per heavy atom. The van der Waals surface area contributed by atoms with Crippen LogP contribution in [0.2, 0.25) is 0 Å². The number of aromatic nitrogens is 2. The molecule has 0 aliphatic heterocycles. The van der Waals surface area contributed by atoms with Gasteiger partial charge in [0.15, 0.2) is 0 Å². The first-order chi connectivity index (χ1) is 15.1. The zero-order valence-corrected chi connectivity index (χ0v) is 18.0. The van der Waals surface area contributed by atoms with Gasteiger partial charge in [-0.2, -0.15) is 4.39 Å². The third kappa shape index (κ3) is 6.11. The number of methoxy groups -OCH3 is 1. The van der Waals surface area contributed by atoms with Crippen LogP contribution < -0.4 is 16.0 Å². The predicted octanol–water partition coefficient (Wildman–Crippen LogP) is 4.20. The second kappa shape index (κ2) is 10.3. The summed E-state index contributed by atoms with van der Waals surface area (Å²) in [6.45, 7) is 2.30. The molecule has 2 aromatic heterocycles. The molecule has 2 aliphatic rings. The van der Waals surface area contributed by atoms with E-state index in [9.17, 15) is 8.78 Å². The minimum atomic E-state index is -0.562. The highest BCUT2D eigenvalue weighted by molar-refractivity contribution is 5.69. The summed E-state index contributed by atoms with van der Waals surface area (Å²) in [7, 11) is 1.71. The molecule has 2 heterocycles. The van der Waals surface area contributed by atoms with E-state index in [1.165, 1.54) is 25.2 Å². The maximum atomic E-state index is 14.5. The summed E-state index contributed by atoms with van der Waals surface area (Å²) in [5.74, 6) is 0.219. The highest BCUT2D eigenvalue weighted by atomic mass is 19.1. The molecule has 0 radical (unpaired) electrons. The lowest BCUT2D eigenvalue weighted by molar-refractivity contribution is 0.191. The molecule has 0 atom stereocenters. The summed E-state index contributed by atoms with van der Waals surface area (Å²) in [5.41, 5.74) is 1.22. The van der Waals surface area contributed by atoms with Gasteiger partial charge in [-0.15, -0.1) is 0 Å². The Hall–Kier alpha value is -2.32. The fourth-order valence-corrected chi connectivity index (χ4v) is 4.05. The Bertz CT molecular complexity index is 869. The van der Waals surface area contributed by atoms with Crippen LogP contribution in [0.4, 0.5) is 20.3 Å². The van der Waals surface area contributed by atoms with Crippen LogP contribution >= 0.6 is 0 Å². The highest BCUT2D eigenvalue weighted by Crippen LogP contribution is 2.31. The van der Waals surface area contributed by atoms with E-state index in [4.69, 9.17) is 4.74 Å². The van der Waals surface area contributed by atoms with Gasteiger partial charge in [0.2, 0.25) is 5.95 Å². The number of nitrogens with zero attached hydrogens (tertiary/aromatic N) is 2. The summed E-state index contributed by atoms with van der Waals surface area (Å²) >= 11 is 0. The molecule has 2 aliphatic carbocycles. The van der Waals surface area contributed by atoms with Gasteiger partial charge in [-0.25, -0.2) is 14.4 Å². The first-order valence-electron chi connectivity index (χ1n) is 11.2. The molecule has 0 amide bonds. The topological polar surface area (TPSA) is 71.1 Å². The molecule has 0 saturated heterocycles. The molecule has 2 fully saturated rings. The molecule has 4 rings (SSSR count). The molecule has 168 valence electrons. The van der Waals surface area contributed by atoms with Gasteiger partial charge < -0.3 is 20.7 Å². The molecule has 31 heavy (non-hydrogen) atoms. The lowest BCUT2D eigenvalue weighted by Crippen LogP contribution is -2.38. The third-order valence-electron chi connectivity index (χ3n) is 6.10. The first kappa shape index (κ1) is 21.9. The molecular formula is C23H31F2N5O. The van der Waals surface area contributed by atoms with Crippen molar-refractivity contribution in [2.24, 2.45) is 5.92 Å². The summed E-state index contributed by atoms with van der Waals surface area (Å²) in [4.78, 5) is 8.04. The normalized spacial score (nSPS) is 21.1.